The summed E-state index contributed by atoms with van der Waals surface area (Å²) in [5.41, 5.74) is 1.87. The fourth-order valence-electron chi connectivity index (χ4n) is 3.57. The minimum atomic E-state index is -3.56. The summed E-state index contributed by atoms with van der Waals surface area (Å²) in [7, 11) is -3.56. The smallest absolute Gasteiger partial charge is 0.286 e. The number of anilines is 3. The van der Waals surface area contributed by atoms with Crippen LogP contribution in [0.5, 0.6) is 0 Å². The molecule has 0 radical (unpaired) electrons. The van der Waals surface area contributed by atoms with E-state index in [4.69, 9.17) is 23.2 Å². The Morgan fingerprint density at radius 1 is 1.17 bits per heavy atom. The van der Waals surface area contributed by atoms with Gasteiger partial charge in [0.25, 0.3) is 0 Å². The molecule has 0 bridgehead atoms. The maximum absolute atomic E-state index is 13.6. The molecule has 0 spiro atoms. The van der Waals surface area contributed by atoms with E-state index in [9.17, 15) is 13.2 Å². The van der Waals surface area contributed by atoms with Crippen molar-refractivity contribution in [1.29, 1.82) is 0 Å². The Bertz CT molecular complexity index is 1130. The Morgan fingerprint density at radius 3 is 2.53 bits per heavy atom. The Labute approximate surface area is 184 Å². The van der Waals surface area contributed by atoms with Gasteiger partial charge in [0.15, 0.2) is 5.82 Å². The monoisotopic (exact) mass is 467 g/mol. The standard InChI is InChI=1S/C19H19Cl2N5O3S/c1-30(28,29)24-18-22-10-12-11-25(16-14(20)8-5-9-15(16)21)19(27)26(17(12)23-18)13-6-3-2-4-7-13/h5-6,8-10H,2-4,7,11H2,1H3,(H,22,23,24). The lowest BCUT2D eigenvalue weighted by Crippen LogP contribution is -2.48. The first-order valence-electron chi connectivity index (χ1n) is 9.33. The van der Waals surface area contributed by atoms with E-state index in [2.05, 4.69) is 14.7 Å². The predicted octanol–water partition coefficient (Wildman–Crippen LogP) is 4.56. The number of nitrogens with zero attached hydrogens (tertiary/aromatic N) is 4. The van der Waals surface area contributed by atoms with Crippen molar-refractivity contribution in [1.82, 2.24) is 9.97 Å². The van der Waals surface area contributed by atoms with Gasteiger partial charge in [-0.25, -0.2) is 23.1 Å². The van der Waals surface area contributed by atoms with Gasteiger partial charge in [0.05, 0.1) is 28.5 Å². The Morgan fingerprint density at radius 2 is 1.90 bits per heavy atom. The first-order valence-corrected chi connectivity index (χ1v) is 12.0. The number of carbonyl (C=O) groups is 1. The van der Waals surface area contributed by atoms with Crippen molar-refractivity contribution in [2.24, 2.45) is 0 Å². The van der Waals surface area contributed by atoms with E-state index >= 15 is 0 Å². The molecule has 158 valence electrons. The molecule has 30 heavy (non-hydrogen) atoms. The van der Waals surface area contributed by atoms with Crippen LogP contribution in [0.4, 0.5) is 22.2 Å². The molecule has 1 aromatic carbocycles. The van der Waals surface area contributed by atoms with Crippen molar-refractivity contribution in [3.8, 4) is 0 Å². The lowest BCUT2D eigenvalue weighted by atomic mass is 10.0. The van der Waals surface area contributed by atoms with Crippen LogP contribution in [-0.2, 0) is 16.6 Å². The number of carbonyl (C=O) groups excluding carboxylic acids is 1. The Balaban J connectivity index is 1.85. The van der Waals surface area contributed by atoms with Crippen LogP contribution in [-0.4, -0.2) is 30.7 Å². The molecule has 0 unspecified atom stereocenters. The largest absolute Gasteiger partial charge is 0.334 e. The highest BCUT2D eigenvalue weighted by atomic mass is 35.5. The number of hydrogen-bond donors (Lipinski definition) is 1. The number of fused-ring (bicyclic) bond motifs is 1. The number of allylic oxidation sites excluding steroid dienone is 2. The Kier molecular flexibility index (Phi) is 5.61. The maximum Gasteiger partial charge on any atom is 0.334 e. The van der Waals surface area contributed by atoms with Gasteiger partial charge in [-0.05, 0) is 37.8 Å². The van der Waals surface area contributed by atoms with E-state index in [-0.39, 0.29) is 18.5 Å². The molecule has 1 N–H and O–H groups in total. The molecular formula is C19H19Cl2N5O3S. The second-order valence-corrected chi connectivity index (χ2v) is 9.70. The van der Waals surface area contributed by atoms with Crippen LogP contribution in [0.25, 0.3) is 0 Å². The summed E-state index contributed by atoms with van der Waals surface area (Å²) < 4.78 is 25.5. The van der Waals surface area contributed by atoms with E-state index < -0.39 is 10.0 Å². The van der Waals surface area contributed by atoms with Crippen molar-refractivity contribution in [3.63, 3.8) is 0 Å². The molecule has 2 heterocycles. The highest BCUT2D eigenvalue weighted by molar-refractivity contribution is 7.91. The fourth-order valence-corrected chi connectivity index (χ4v) is 4.60. The van der Waals surface area contributed by atoms with E-state index in [1.807, 2.05) is 6.08 Å². The molecule has 0 saturated heterocycles. The van der Waals surface area contributed by atoms with Gasteiger partial charge in [-0.2, -0.15) is 4.98 Å². The van der Waals surface area contributed by atoms with Crippen LogP contribution in [0.2, 0.25) is 10.0 Å². The summed E-state index contributed by atoms with van der Waals surface area (Å²) in [4.78, 5) is 25.0. The van der Waals surface area contributed by atoms with Gasteiger partial charge in [0.2, 0.25) is 16.0 Å². The zero-order valence-electron chi connectivity index (χ0n) is 16.1. The molecule has 1 aliphatic carbocycles. The summed E-state index contributed by atoms with van der Waals surface area (Å²) in [5, 5.41) is 0.710. The number of halogens is 2. The normalized spacial score (nSPS) is 16.9. The van der Waals surface area contributed by atoms with Crippen LogP contribution in [0, 0.1) is 0 Å². The molecule has 11 heteroatoms. The Hall–Kier alpha value is -2.36. The molecular weight excluding hydrogens is 449 g/mol. The zero-order chi connectivity index (χ0) is 21.5. The van der Waals surface area contributed by atoms with Crippen molar-refractivity contribution in [2.75, 3.05) is 20.8 Å². The maximum atomic E-state index is 13.6. The van der Waals surface area contributed by atoms with E-state index in [0.29, 0.717) is 33.5 Å². The van der Waals surface area contributed by atoms with Gasteiger partial charge in [0, 0.05) is 17.5 Å². The molecule has 0 fully saturated rings. The highest BCUT2D eigenvalue weighted by Crippen LogP contribution is 2.40. The second-order valence-electron chi connectivity index (χ2n) is 7.13. The van der Waals surface area contributed by atoms with Crippen LogP contribution in [0.3, 0.4) is 0 Å². The van der Waals surface area contributed by atoms with E-state index in [0.717, 1.165) is 31.2 Å². The van der Waals surface area contributed by atoms with Crippen LogP contribution in [0.1, 0.15) is 31.2 Å². The van der Waals surface area contributed by atoms with Gasteiger partial charge in [-0.15, -0.1) is 0 Å². The number of aromatic nitrogens is 2. The molecule has 1 aromatic heterocycles. The molecule has 8 nitrogen and oxygen atoms in total. The van der Waals surface area contributed by atoms with Crippen molar-refractivity contribution >= 4 is 56.7 Å². The number of benzene rings is 1. The molecule has 2 aliphatic rings. The van der Waals surface area contributed by atoms with Crippen molar-refractivity contribution in [3.05, 3.63) is 51.8 Å². The third kappa shape index (κ3) is 4.10. The summed E-state index contributed by atoms with van der Waals surface area (Å²) in [6.45, 7) is 0.153. The molecule has 1 aliphatic heterocycles. The number of amides is 2. The average Bonchev–Trinajstić information content (AvgIpc) is 2.68. The first-order chi connectivity index (χ1) is 14.2. The lowest BCUT2D eigenvalue weighted by molar-refractivity contribution is 0.251. The quantitative estimate of drug-likeness (QED) is 0.710. The van der Waals surface area contributed by atoms with Crippen LogP contribution in [0.15, 0.2) is 36.2 Å². The summed E-state index contributed by atoms with van der Waals surface area (Å²) >= 11 is 12.7. The number of hydrogen-bond acceptors (Lipinski definition) is 5. The zero-order valence-corrected chi connectivity index (χ0v) is 18.4. The molecule has 2 aromatic rings. The lowest BCUT2D eigenvalue weighted by Gasteiger charge is -2.38. The fraction of sp³-hybridized carbons (Fsp3) is 0.316. The number of sulfonamides is 1. The highest BCUT2D eigenvalue weighted by Gasteiger charge is 2.37. The number of para-hydroxylation sites is 1. The first kappa shape index (κ1) is 20.9. The topological polar surface area (TPSA) is 95.5 Å². The van der Waals surface area contributed by atoms with Crippen LogP contribution >= 0.6 is 23.2 Å². The van der Waals surface area contributed by atoms with Gasteiger partial charge in [0.1, 0.15) is 0 Å². The summed E-state index contributed by atoms with van der Waals surface area (Å²) in [5.74, 6) is 0.267. The minimum Gasteiger partial charge on any atom is -0.286 e. The molecule has 0 saturated carbocycles. The summed E-state index contributed by atoms with van der Waals surface area (Å²) in [6, 6.07) is 4.70. The molecule has 4 rings (SSSR count). The third-order valence-electron chi connectivity index (χ3n) is 4.84. The average molecular weight is 468 g/mol. The number of nitrogens with one attached hydrogen (secondary N) is 1. The predicted molar refractivity (Wildman–Crippen MR) is 118 cm³/mol. The SMILES string of the molecule is CS(=O)(=O)Nc1ncc2c(n1)N(C1=CCCCC1)C(=O)N(c1c(Cl)cccc1Cl)C2. The minimum absolute atomic E-state index is 0.0883. The second kappa shape index (κ2) is 8.05. The van der Waals surface area contributed by atoms with Crippen molar-refractivity contribution < 1.29 is 13.2 Å². The van der Waals surface area contributed by atoms with E-state index in [1.54, 1.807) is 18.2 Å². The number of urea groups is 1. The van der Waals surface area contributed by atoms with Gasteiger partial charge < -0.3 is 0 Å². The molecule has 2 amide bonds. The van der Waals surface area contributed by atoms with Crippen LogP contribution < -0.4 is 14.5 Å². The van der Waals surface area contributed by atoms with Gasteiger partial charge >= 0.3 is 6.03 Å². The number of rotatable bonds is 4. The van der Waals surface area contributed by atoms with Crippen molar-refractivity contribution in [2.45, 2.75) is 32.2 Å². The third-order valence-corrected chi connectivity index (χ3v) is 6.01. The summed E-state index contributed by atoms with van der Waals surface area (Å²) in [6.07, 6.45) is 8.07. The van der Waals surface area contributed by atoms with E-state index in [1.165, 1.54) is 16.0 Å². The van der Waals surface area contributed by atoms with Gasteiger partial charge in [-0.3, -0.25) is 9.62 Å². The molecule has 0 atom stereocenters. The van der Waals surface area contributed by atoms with Gasteiger partial charge in [-0.1, -0.05) is 35.3 Å².